The molecule has 0 aromatic carbocycles. The van der Waals surface area contributed by atoms with Crippen LogP contribution in [0.3, 0.4) is 0 Å². The Morgan fingerprint density at radius 3 is 2.14 bits per heavy atom. The minimum absolute atomic E-state index is 0.453. The van der Waals surface area contributed by atoms with Crippen LogP contribution >= 0.6 is 50.7 Å². The molecule has 0 nitrogen and oxygen atoms in total. The van der Waals surface area contributed by atoms with Gasteiger partial charge in [-0.3, -0.25) is 0 Å². The van der Waals surface area contributed by atoms with Crippen molar-refractivity contribution in [2.24, 2.45) is 0 Å². The summed E-state index contributed by atoms with van der Waals surface area (Å²) < 4.78 is 0. The summed E-state index contributed by atoms with van der Waals surface area (Å²) in [6.07, 6.45) is 1.41. The molecule has 0 aliphatic heterocycles. The van der Waals surface area contributed by atoms with Crippen LogP contribution in [0.4, 0.5) is 0 Å². The lowest BCUT2D eigenvalue weighted by atomic mass is 10.0. The molecular formula is C10H14BrCl3. The minimum Gasteiger partial charge on any atom is -0.112 e. The molecule has 14 heavy (non-hydrogen) atoms. The molecule has 82 valence electrons. The van der Waals surface area contributed by atoms with Crippen molar-refractivity contribution in [3.63, 3.8) is 0 Å². The maximum Gasteiger partial charge on any atom is 0.0894 e. The molecule has 0 spiro atoms. The van der Waals surface area contributed by atoms with Gasteiger partial charge in [0.25, 0.3) is 0 Å². The molecule has 0 N–H and O–H groups in total. The van der Waals surface area contributed by atoms with Gasteiger partial charge in [0.1, 0.15) is 0 Å². The molecule has 0 fully saturated rings. The number of allylic oxidation sites excluding steroid dienone is 3. The second-order valence-electron chi connectivity index (χ2n) is 3.41. The van der Waals surface area contributed by atoms with E-state index >= 15 is 0 Å². The summed E-state index contributed by atoms with van der Waals surface area (Å²) in [5.41, 5.74) is 1.11. The van der Waals surface area contributed by atoms with Crippen LogP contribution in [0, 0.1) is 0 Å². The fourth-order valence-electron chi connectivity index (χ4n) is 0.833. The Bertz CT molecular complexity index is 244. The average Bonchev–Trinajstić information content (AvgIpc) is 2.12. The highest BCUT2D eigenvalue weighted by atomic mass is 79.9. The van der Waals surface area contributed by atoms with E-state index in [9.17, 15) is 0 Å². The van der Waals surface area contributed by atoms with Crippen LogP contribution in [0.1, 0.15) is 26.7 Å². The standard InChI is InChI=1S/C10H14BrCl3/c1-7(2)9(13)4-5-10(14,6-11)8(3)12/h3-6H2,1-2H3/t10-/m1/s1. The van der Waals surface area contributed by atoms with Crippen LogP contribution in [0.15, 0.2) is 22.2 Å². The van der Waals surface area contributed by atoms with E-state index in [2.05, 4.69) is 22.5 Å². The van der Waals surface area contributed by atoms with Crippen molar-refractivity contribution in [3.05, 3.63) is 22.2 Å². The topological polar surface area (TPSA) is 0 Å². The lowest BCUT2D eigenvalue weighted by molar-refractivity contribution is 0.694. The van der Waals surface area contributed by atoms with Gasteiger partial charge in [-0.05, 0) is 26.7 Å². The van der Waals surface area contributed by atoms with Crippen LogP contribution in [-0.2, 0) is 0 Å². The molecule has 0 aromatic rings. The molecule has 4 heteroatoms. The van der Waals surface area contributed by atoms with Crippen molar-refractivity contribution in [2.75, 3.05) is 5.33 Å². The first-order chi connectivity index (χ1) is 6.33. The molecule has 0 radical (unpaired) electrons. The summed E-state index contributed by atoms with van der Waals surface area (Å²) in [7, 11) is 0. The van der Waals surface area contributed by atoms with Gasteiger partial charge in [-0.2, -0.15) is 0 Å². The van der Waals surface area contributed by atoms with Crippen molar-refractivity contribution in [3.8, 4) is 0 Å². The molecule has 0 unspecified atom stereocenters. The Hall–Kier alpha value is 0.830. The highest BCUT2D eigenvalue weighted by molar-refractivity contribution is 9.09. The van der Waals surface area contributed by atoms with Crippen LogP contribution in [0.2, 0.25) is 0 Å². The highest BCUT2D eigenvalue weighted by Gasteiger charge is 2.28. The third-order valence-corrected chi connectivity index (χ3v) is 4.84. The Balaban J connectivity index is 4.37. The second kappa shape index (κ2) is 6.42. The third-order valence-electron chi connectivity index (χ3n) is 1.98. The van der Waals surface area contributed by atoms with E-state index in [1.165, 1.54) is 0 Å². The van der Waals surface area contributed by atoms with Gasteiger partial charge < -0.3 is 0 Å². The molecule has 0 aromatic heterocycles. The Morgan fingerprint density at radius 2 is 1.86 bits per heavy atom. The normalized spacial score (nSPS) is 14.7. The monoisotopic (exact) mass is 318 g/mol. The van der Waals surface area contributed by atoms with Crippen molar-refractivity contribution >= 4 is 50.7 Å². The molecule has 0 bridgehead atoms. The molecule has 0 amide bonds. The first-order valence-corrected chi connectivity index (χ1v) is 6.50. The molecule has 0 aliphatic carbocycles. The first kappa shape index (κ1) is 14.8. The molecular weight excluding hydrogens is 306 g/mol. The maximum absolute atomic E-state index is 6.25. The quantitative estimate of drug-likeness (QED) is 0.593. The predicted molar refractivity (Wildman–Crippen MR) is 70.8 cm³/mol. The number of hydrogen-bond donors (Lipinski definition) is 0. The van der Waals surface area contributed by atoms with E-state index < -0.39 is 4.87 Å². The van der Waals surface area contributed by atoms with Gasteiger partial charge in [-0.25, -0.2) is 0 Å². The van der Waals surface area contributed by atoms with Gasteiger partial charge in [0, 0.05) is 15.4 Å². The van der Waals surface area contributed by atoms with E-state index in [-0.39, 0.29) is 0 Å². The van der Waals surface area contributed by atoms with Crippen molar-refractivity contribution in [1.29, 1.82) is 0 Å². The minimum atomic E-state index is -0.600. The molecule has 0 saturated carbocycles. The SMILES string of the molecule is C=C(Cl)[C@](Cl)(CBr)CCC(Cl)=C(C)C. The third kappa shape index (κ3) is 4.57. The second-order valence-corrected chi connectivity index (χ2v) is 5.61. The van der Waals surface area contributed by atoms with Gasteiger partial charge in [0.15, 0.2) is 0 Å². The molecule has 0 saturated heterocycles. The van der Waals surface area contributed by atoms with E-state index in [4.69, 9.17) is 34.8 Å². The Morgan fingerprint density at radius 1 is 1.36 bits per heavy atom. The molecule has 1 atom stereocenters. The van der Waals surface area contributed by atoms with Crippen molar-refractivity contribution < 1.29 is 0 Å². The zero-order valence-corrected chi connectivity index (χ0v) is 12.2. The van der Waals surface area contributed by atoms with E-state index in [1.54, 1.807) is 0 Å². The zero-order valence-electron chi connectivity index (χ0n) is 8.34. The summed E-state index contributed by atoms with van der Waals surface area (Å²) in [5.74, 6) is 0. The largest absolute Gasteiger partial charge is 0.112 e. The summed E-state index contributed by atoms with van der Waals surface area (Å²) in [6, 6.07) is 0. The van der Waals surface area contributed by atoms with Crippen LogP contribution in [-0.4, -0.2) is 10.2 Å². The Kier molecular flexibility index (Phi) is 6.80. The summed E-state index contributed by atoms with van der Waals surface area (Å²) in [6.45, 7) is 7.61. The number of rotatable bonds is 5. The van der Waals surface area contributed by atoms with Crippen LogP contribution in [0.5, 0.6) is 0 Å². The van der Waals surface area contributed by atoms with Crippen LogP contribution in [0.25, 0.3) is 0 Å². The highest BCUT2D eigenvalue weighted by Crippen LogP contribution is 2.35. The van der Waals surface area contributed by atoms with Crippen LogP contribution < -0.4 is 0 Å². The Labute approximate surface area is 109 Å². The summed E-state index contributed by atoms with van der Waals surface area (Å²) >= 11 is 21.4. The van der Waals surface area contributed by atoms with Gasteiger partial charge in [-0.1, -0.05) is 51.3 Å². The van der Waals surface area contributed by atoms with Crippen molar-refractivity contribution in [2.45, 2.75) is 31.6 Å². The fourth-order valence-corrected chi connectivity index (χ4v) is 1.96. The summed E-state index contributed by atoms with van der Waals surface area (Å²) in [5, 5.41) is 1.87. The predicted octanol–water partition coefficient (Wildman–Crippen LogP) is 5.42. The number of halogens is 4. The van der Waals surface area contributed by atoms with Crippen molar-refractivity contribution in [1.82, 2.24) is 0 Å². The molecule has 0 heterocycles. The average molecular weight is 320 g/mol. The van der Waals surface area contributed by atoms with E-state index in [1.807, 2.05) is 13.8 Å². The lowest BCUT2D eigenvalue weighted by Gasteiger charge is -2.23. The van der Waals surface area contributed by atoms with Gasteiger partial charge in [0.2, 0.25) is 0 Å². The van der Waals surface area contributed by atoms with Gasteiger partial charge in [0.05, 0.1) is 4.87 Å². The summed E-state index contributed by atoms with van der Waals surface area (Å²) in [4.78, 5) is -0.600. The zero-order chi connectivity index (χ0) is 11.4. The molecule has 0 aliphatic rings. The van der Waals surface area contributed by atoms with E-state index in [0.717, 1.165) is 17.0 Å². The van der Waals surface area contributed by atoms with Gasteiger partial charge >= 0.3 is 0 Å². The number of hydrogen-bond acceptors (Lipinski definition) is 0. The fraction of sp³-hybridized carbons (Fsp3) is 0.600. The first-order valence-electron chi connectivity index (χ1n) is 4.25. The lowest BCUT2D eigenvalue weighted by Crippen LogP contribution is -2.23. The maximum atomic E-state index is 6.25. The number of alkyl halides is 2. The van der Waals surface area contributed by atoms with Gasteiger partial charge in [-0.15, -0.1) is 11.6 Å². The molecule has 0 rings (SSSR count). The smallest absolute Gasteiger partial charge is 0.0894 e. The van der Waals surface area contributed by atoms with E-state index in [0.29, 0.717) is 16.8 Å².